The van der Waals surface area contributed by atoms with E-state index >= 15 is 0 Å². The highest BCUT2D eigenvalue weighted by Gasteiger charge is 2.06. The first-order valence-electron chi connectivity index (χ1n) is 10.1. The normalized spacial score (nSPS) is 10.5. The van der Waals surface area contributed by atoms with Gasteiger partial charge in [0, 0.05) is 6.07 Å². The average Bonchev–Trinajstić information content (AvgIpc) is 2.81. The van der Waals surface area contributed by atoms with Gasteiger partial charge in [0.05, 0.1) is 26.9 Å². The summed E-state index contributed by atoms with van der Waals surface area (Å²) in [4.78, 5) is 11.5. The maximum absolute atomic E-state index is 11.5. The summed E-state index contributed by atoms with van der Waals surface area (Å²) >= 11 is 0. The van der Waals surface area contributed by atoms with E-state index in [9.17, 15) is 4.79 Å². The minimum atomic E-state index is -0.303. The van der Waals surface area contributed by atoms with E-state index in [2.05, 4.69) is 36.4 Å². The average molecular weight is 405 g/mol. The van der Waals surface area contributed by atoms with Gasteiger partial charge in [0.25, 0.3) is 0 Å². The van der Waals surface area contributed by atoms with Crippen molar-refractivity contribution in [3.8, 4) is 11.5 Å². The molecule has 0 aromatic heterocycles. The molecule has 0 saturated heterocycles. The van der Waals surface area contributed by atoms with Crippen LogP contribution in [0, 0.1) is 0 Å². The molecule has 3 aromatic carbocycles. The van der Waals surface area contributed by atoms with Crippen LogP contribution in [0.4, 0.5) is 0 Å². The minimum absolute atomic E-state index is 0.303. The predicted octanol–water partition coefficient (Wildman–Crippen LogP) is 5.06. The zero-order valence-corrected chi connectivity index (χ0v) is 17.8. The van der Waals surface area contributed by atoms with E-state index in [0.29, 0.717) is 5.56 Å². The lowest BCUT2D eigenvalue weighted by molar-refractivity contribution is 0.0600. The summed E-state index contributed by atoms with van der Waals surface area (Å²) in [5.41, 5.74) is 5.61. The van der Waals surface area contributed by atoms with Gasteiger partial charge in [-0.05, 0) is 72.2 Å². The fourth-order valence-corrected chi connectivity index (χ4v) is 3.45. The Bertz CT molecular complexity index is 954. The van der Waals surface area contributed by atoms with E-state index in [-0.39, 0.29) is 5.97 Å². The van der Waals surface area contributed by atoms with E-state index < -0.39 is 0 Å². The molecule has 0 heterocycles. The third-order valence-electron chi connectivity index (χ3n) is 5.18. The molecule has 3 rings (SSSR count). The fraction of sp³-hybridized carbons (Fsp3) is 0.269. The molecule has 0 fully saturated rings. The predicted molar refractivity (Wildman–Crippen MR) is 119 cm³/mol. The van der Waals surface area contributed by atoms with Crippen LogP contribution in [0.25, 0.3) is 0 Å². The zero-order chi connectivity index (χ0) is 21.3. The smallest absolute Gasteiger partial charge is 0.337 e. The monoisotopic (exact) mass is 404 g/mol. The number of rotatable bonds is 9. The van der Waals surface area contributed by atoms with E-state index in [1.165, 1.54) is 29.4 Å². The van der Waals surface area contributed by atoms with Crippen LogP contribution in [-0.4, -0.2) is 27.3 Å². The van der Waals surface area contributed by atoms with Crippen LogP contribution < -0.4 is 9.47 Å². The molecule has 4 nitrogen and oxygen atoms in total. The van der Waals surface area contributed by atoms with Crippen molar-refractivity contribution in [2.45, 2.75) is 25.7 Å². The molecule has 0 radical (unpaired) electrons. The van der Waals surface area contributed by atoms with Gasteiger partial charge in [-0.2, -0.15) is 0 Å². The second-order valence-corrected chi connectivity index (χ2v) is 7.23. The van der Waals surface area contributed by atoms with Gasteiger partial charge in [-0.25, -0.2) is 4.79 Å². The third-order valence-corrected chi connectivity index (χ3v) is 5.18. The van der Waals surface area contributed by atoms with Crippen LogP contribution in [0.5, 0.6) is 11.5 Å². The molecular formula is C26H28O4. The first-order chi connectivity index (χ1) is 14.6. The van der Waals surface area contributed by atoms with E-state index in [0.717, 1.165) is 37.2 Å². The Kier molecular flexibility index (Phi) is 7.50. The first kappa shape index (κ1) is 21.4. The molecule has 0 saturated carbocycles. The number of ether oxygens (including phenoxy) is 3. The molecule has 30 heavy (non-hydrogen) atoms. The van der Waals surface area contributed by atoms with Crippen molar-refractivity contribution in [2.24, 2.45) is 0 Å². The topological polar surface area (TPSA) is 44.8 Å². The molecule has 156 valence electrons. The molecule has 0 spiro atoms. The summed E-state index contributed by atoms with van der Waals surface area (Å²) < 4.78 is 15.5. The van der Waals surface area contributed by atoms with E-state index in [4.69, 9.17) is 14.2 Å². The van der Waals surface area contributed by atoms with Crippen LogP contribution in [0.2, 0.25) is 0 Å². The Hall–Kier alpha value is -3.27. The molecule has 0 amide bonds. The maximum Gasteiger partial charge on any atom is 0.337 e. The highest BCUT2D eigenvalue weighted by atomic mass is 16.5. The molecule has 0 unspecified atom stereocenters. The van der Waals surface area contributed by atoms with Crippen molar-refractivity contribution in [2.75, 3.05) is 21.3 Å². The van der Waals surface area contributed by atoms with Gasteiger partial charge in [-0.15, -0.1) is 0 Å². The van der Waals surface area contributed by atoms with Crippen LogP contribution in [0.1, 0.15) is 32.6 Å². The second-order valence-electron chi connectivity index (χ2n) is 7.23. The molecule has 0 bridgehead atoms. The number of aryl methyl sites for hydroxylation is 4. The Balaban J connectivity index is 1.59. The number of methoxy groups -OCH3 is 3. The van der Waals surface area contributed by atoms with Gasteiger partial charge in [0.2, 0.25) is 0 Å². The van der Waals surface area contributed by atoms with E-state index in [1.54, 1.807) is 14.2 Å². The summed E-state index contributed by atoms with van der Waals surface area (Å²) in [5, 5.41) is 0. The van der Waals surface area contributed by atoms with Gasteiger partial charge in [-0.1, -0.05) is 36.4 Å². The van der Waals surface area contributed by atoms with Crippen LogP contribution in [-0.2, 0) is 30.4 Å². The Morgan fingerprint density at radius 1 is 0.633 bits per heavy atom. The molecule has 0 aliphatic heterocycles. The first-order valence-corrected chi connectivity index (χ1v) is 10.1. The summed E-state index contributed by atoms with van der Waals surface area (Å²) in [6, 6.07) is 22.4. The van der Waals surface area contributed by atoms with Gasteiger partial charge in [-0.3, -0.25) is 0 Å². The highest BCUT2D eigenvalue weighted by Crippen LogP contribution is 2.23. The summed E-state index contributed by atoms with van der Waals surface area (Å²) in [5.74, 6) is 1.33. The van der Waals surface area contributed by atoms with Crippen molar-refractivity contribution in [1.82, 2.24) is 0 Å². The third kappa shape index (κ3) is 5.86. The highest BCUT2D eigenvalue weighted by molar-refractivity contribution is 5.89. The lowest BCUT2D eigenvalue weighted by Gasteiger charge is -2.09. The van der Waals surface area contributed by atoms with Crippen LogP contribution in [0.15, 0.2) is 66.7 Å². The molecular weight excluding hydrogens is 376 g/mol. The van der Waals surface area contributed by atoms with Crippen molar-refractivity contribution in [3.63, 3.8) is 0 Å². The fourth-order valence-electron chi connectivity index (χ4n) is 3.45. The summed E-state index contributed by atoms with van der Waals surface area (Å²) in [7, 11) is 4.74. The molecule has 4 heteroatoms. The number of benzene rings is 3. The lowest BCUT2D eigenvalue weighted by atomic mass is 9.99. The van der Waals surface area contributed by atoms with Crippen molar-refractivity contribution >= 4 is 5.97 Å². The summed E-state index contributed by atoms with van der Waals surface area (Å²) in [6.07, 6.45) is 3.76. The van der Waals surface area contributed by atoms with Crippen molar-refractivity contribution < 1.29 is 19.0 Å². The van der Waals surface area contributed by atoms with Crippen LogP contribution >= 0.6 is 0 Å². The quantitative estimate of drug-likeness (QED) is 0.468. The van der Waals surface area contributed by atoms with Gasteiger partial charge in [0.1, 0.15) is 11.5 Å². The molecule has 0 aliphatic rings. The van der Waals surface area contributed by atoms with E-state index in [1.807, 2.05) is 30.3 Å². The lowest BCUT2D eigenvalue weighted by Crippen LogP contribution is -2.01. The Morgan fingerprint density at radius 2 is 1.17 bits per heavy atom. The van der Waals surface area contributed by atoms with Crippen molar-refractivity contribution in [3.05, 3.63) is 94.5 Å². The van der Waals surface area contributed by atoms with Gasteiger partial charge >= 0.3 is 5.97 Å². The SMILES string of the molecule is COC(=O)c1ccc(CCc2cccc(CCc3cc(OC)cc(OC)c3)c2)cc1. The van der Waals surface area contributed by atoms with Gasteiger partial charge < -0.3 is 14.2 Å². The standard InChI is InChI=1S/C26H28O4/c1-28-24-16-22(17-25(18-24)29-2)10-9-21-6-4-5-20(15-21)8-7-19-11-13-23(14-12-19)26(27)30-3/h4-6,11-18H,7-10H2,1-3H3. The largest absolute Gasteiger partial charge is 0.497 e. The Morgan fingerprint density at radius 3 is 1.70 bits per heavy atom. The zero-order valence-electron chi connectivity index (χ0n) is 17.8. The molecule has 0 atom stereocenters. The van der Waals surface area contributed by atoms with Crippen LogP contribution in [0.3, 0.4) is 0 Å². The number of carbonyl (C=O) groups excluding carboxylic acids is 1. The van der Waals surface area contributed by atoms with Gasteiger partial charge in [0.15, 0.2) is 0 Å². The summed E-state index contributed by atoms with van der Waals surface area (Å²) in [6.45, 7) is 0. The molecule has 3 aromatic rings. The molecule has 0 aliphatic carbocycles. The number of hydrogen-bond donors (Lipinski definition) is 0. The maximum atomic E-state index is 11.5. The number of carbonyl (C=O) groups is 1. The number of esters is 1. The minimum Gasteiger partial charge on any atom is -0.497 e. The van der Waals surface area contributed by atoms with Crippen molar-refractivity contribution in [1.29, 1.82) is 0 Å². The second kappa shape index (κ2) is 10.5. The number of hydrogen-bond acceptors (Lipinski definition) is 4. The molecule has 0 N–H and O–H groups in total. The Labute approximate surface area is 178 Å².